The maximum atomic E-state index is 4.51. The molecule has 0 fully saturated rings. The lowest BCUT2D eigenvalue weighted by Gasteiger charge is -2.10. The Morgan fingerprint density at radius 1 is 1.00 bits per heavy atom. The van der Waals surface area contributed by atoms with Crippen LogP contribution in [0, 0.1) is 0 Å². The monoisotopic (exact) mass is 279 g/mol. The lowest BCUT2D eigenvalue weighted by Crippen LogP contribution is -2.04. The summed E-state index contributed by atoms with van der Waals surface area (Å²) in [6.07, 6.45) is 8.14. The molecule has 21 heavy (non-hydrogen) atoms. The van der Waals surface area contributed by atoms with Crippen LogP contribution < -0.4 is 10.6 Å². The van der Waals surface area contributed by atoms with Gasteiger partial charge in [-0.3, -0.25) is 9.97 Å². The summed E-state index contributed by atoms with van der Waals surface area (Å²) in [5, 5.41) is 8.76. The lowest BCUT2D eigenvalue weighted by atomic mass is 10.1. The number of nitrogens with one attached hydrogen (secondary N) is 2. The van der Waals surface area contributed by atoms with Gasteiger partial charge in [0.2, 0.25) is 0 Å². The van der Waals surface area contributed by atoms with Gasteiger partial charge in [-0.2, -0.15) is 0 Å². The summed E-state index contributed by atoms with van der Waals surface area (Å²) < 4.78 is 0. The van der Waals surface area contributed by atoms with Crippen LogP contribution in [0.2, 0.25) is 0 Å². The molecule has 0 bridgehead atoms. The van der Waals surface area contributed by atoms with Crippen molar-refractivity contribution in [2.75, 3.05) is 17.2 Å². The Kier molecular flexibility index (Phi) is 3.91. The van der Waals surface area contributed by atoms with Crippen LogP contribution in [0.4, 0.5) is 17.3 Å². The van der Waals surface area contributed by atoms with Gasteiger partial charge in [-0.1, -0.05) is 19.1 Å². The molecular formula is C16H17N5. The lowest BCUT2D eigenvalue weighted by molar-refractivity contribution is 0.965. The van der Waals surface area contributed by atoms with Crippen LogP contribution in [0.25, 0.3) is 10.8 Å². The van der Waals surface area contributed by atoms with Crippen LogP contribution in [0.1, 0.15) is 13.3 Å². The topological polar surface area (TPSA) is 62.7 Å². The molecule has 3 aromatic rings. The largest absolute Gasteiger partial charge is 0.369 e. The van der Waals surface area contributed by atoms with E-state index in [2.05, 4.69) is 32.5 Å². The highest BCUT2D eigenvalue weighted by Crippen LogP contribution is 2.25. The highest BCUT2D eigenvalue weighted by atomic mass is 15.1. The smallest absolute Gasteiger partial charge is 0.151 e. The summed E-state index contributed by atoms with van der Waals surface area (Å²) in [5.41, 5.74) is 0.997. The van der Waals surface area contributed by atoms with Gasteiger partial charge in [0.05, 0.1) is 12.4 Å². The first-order valence-corrected chi connectivity index (χ1v) is 7.02. The Hall–Kier alpha value is -2.69. The number of anilines is 3. The molecular weight excluding hydrogens is 262 g/mol. The van der Waals surface area contributed by atoms with E-state index in [1.807, 2.05) is 30.5 Å². The molecule has 0 saturated carbocycles. The zero-order valence-electron chi connectivity index (χ0n) is 11.9. The minimum atomic E-state index is 0.723. The highest BCUT2D eigenvalue weighted by molar-refractivity contribution is 5.94. The summed E-state index contributed by atoms with van der Waals surface area (Å²) in [5.74, 6) is 1.50. The van der Waals surface area contributed by atoms with E-state index >= 15 is 0 Å². The summed E-state index contributed by atoms with van der Waals surface area (Å²) >= 11 is 0. The van der Waals surface area contributed by atoms with E-state index in [0.29, 0.717) is 0 Å². The quantitative estimate of drug-likeness (QED) is 0.747. The molecule has 0 aliphatic heterocycles. The van der Waals surface area contributed by atoms with E-state index in [1.165, 1.54) is 0 Å². The van der Waals surface area contributed by atoms with E-state index in [0.717, 1.165) is 41.1 Å². The summed E-state index contributed by atoms with van der Waals surface area (Å²) in [6.45, 7) is 3.00. The first-order valence-electron chi connectivity index (χ1n) is 7.02. The van der Waals surface area contributed by atoms with E-state index in [1.54, 1.807) is 18.6 Å². The number of nitrogens with zero attached hydrogens (tertiary/aromatic N) is 3. The molecule has 0 unspecified atom stereocenters. The average molecular weight is 279 g/mol. The fraction of sp³-hybridized carbons (Fsp3) is 0.188. The second-order valence-electron chi connectivity index (χ2n) is 4.74. The summed E-state index contributed by atoms with van der Waals surface area (Å²) in [4.78, 5) is 12.9. The third kappa shape index (κ3) is 3.08. The van der Waals surface area contributed by atoms with Crippen molar-refractivity contribution in [2.45, 2.75) is 13.3 Å². The zero-order valence-corrected chi connectivity index (χ0v) is 11.9. The molecule has 106 valence electrons. The minimum absolute atomic E-state index is 0.723. The molecule has 2 aromatic heterocycles. The molecule has 5 nitrogen and oxygen atoms in total. The van der Waals surface area contributed by atoms with Crippen molar-refractivity contribution in [1.82, 2.24) is 15.0 Å². The predicted molar refractivity (Wildman–Crippen MR) is 85.8 cm³/mol. The van der Waals surface area contributed by atoms with Crippen LogP contribution in [-0.2, 0) is 0 Å². The molecule has 3 rings (SSSR count). The van der Waals surface area contributed by atoms with E-state index in [9.17, 15) is 0 Å². The van der Waals surface area contributed by atoms with Crippen molar-refractivity contribution in [3.05, 3.63) is 49.1 Å². The Morgan fingerprint density at radius 3 is 2.81 bits per heavy atom. The van der Waals surface area contributed by atoms with E-state index in [4.69, 9.17) is 0 Å². The van der Waals surface area contributed by atoms with Gasteiger partial charge >= 0.3 is 0 Å². The fourth-order valence-corrected chi connectivity index (χ4v) is 2.13. The Labute approximate surface area is 123 Å². The average Bonchev–Trinajstić information content (AvgIpc) is 2.54. The molecule has 0 spiro atoms. The van der Waals surface area contributed by atoms with Crippen molar-refractivity contribution in [2.24, 2.45) is 0 Å². The standard InChI is InChI=1S/C16H17N5/c1-2-7-19-15-10-18-11-16(21-15)20-14-5-3-4-12-9-17-8-6-13(12)14/h3-6,8-11H,2,7H2,1H3,(H2,19,20,21). The number of rotatable bonds is 5. The molecule has 5 heteroatoms. The van der Waals surface area contributed by atoms with Gasteiger partial charge < -0.3 is 10.6 Å². The van der Waals surface area contributed by atoms with Gasteiger partial charge in [-0.15, -0.1) is 0 Å². The number of aromatic nitrogens is 3. The maximum Gasteiger partial charge on any atom is 0.151 e. The summed E-state index contributed by atoms with van der Waals surface area (Å²) in [6, 6.07) is 8.05. The summed E-state index contributed by atoms with van der Waals surface area (Å²) in [7, 11) is 0. The Bertz CT molecular complexity index is 736. The second kappa shape index (κ2) is 6.17. The van der Waals surface area contributed by atoms with Crippen molar-refractivity contribution in [3.8, 4) is 0 Å². The Balaban J connectivity index is 1.88. The van der Waals surface area contributed by atoms with Gasteiger partial charge in [0.25, 0.3) is 0 Å². The van der Waals surface area contributed by atoms with Gasteiger partial charge in [0.15, 0.2) is 5.82 Å². The van der Waals surface area contributed by atoms with Gasteiger partial charge in [-0.25, -0.2) is 4.98 Å². The highest BCUT2D eigenvalue weighted by Gasteiger charge is 2.03. The number of fused-ring (bicyclic) bond motifs is 1. The van der Waals surface area contributed by atoms with Crippen molar-refractivity contribution in [1.29, 1.82) is 0 Å². The Morgan fingerprint density at radius 2 is 1.90 bits per heavy atom. The van der Waals surface area contributed by atoms with Crippen LogP contribution in [-0.4, -0.2) is 21.5 Å². The normalized spacial score (nSPS) is 10.5. The molecule has 2 N–H and O–H groups in total. The van der Waals surface area contributed by atoms with Crippen LogP contribution in [0.15, 0.2) is 49.1 Å². The predicted octanol–water partition coefficient (Wildman–Crippen LogP) is 3.59. The SMILES string of the molecule is CCCNc1cncc(Nc2cccc3cnccc23)n1. The molecule has 0 atom stereocenters. The van der Waals surface area contributed by atoms with E-state index in [-0.39, 0.29) is 0 Å². The molecule has 0 aliphatic carbocycles. The van der Waals surface area contributed by atoms with Crippen LogP contribution in [0.5, 0.6) is 0 Å². The first kappa shape index (κ1) is 13.3. The molecule has 1 aromatic carbocycles. The van der Waals surface area contributed by atoms with Crippen molar-refractivity contribution >= 4 is 28.1 Å². The van der Waals surface area contributed by atoms with Gasteiger partial charge in [0, 0.05) is 35.4 Å². The van der Waals surface area contributed by atoms with Crippen LogP contribution in [0.3, 0.4) is 0 Å². The minimum Gasteiger partial charge on any atom is -0.369 e. The van der Waals surface area contributed by atoms with Crippen molar-refractivity contribution < 1.29 is 0 Å². The van der Waals surface area contributed by atoms with Gasteiger partial charge in [-0.05, 0) is 18.6 Å². The number of benzene rings is 1. The second-order valence-corrected chi connectivity index (χ2v) is 4.74. The van der Waals surface area contributed by atoms with Crippen molar-refractivity contribution in [3.63, 3.8) is 0 Å². The van der Waals surface area contributed by atoms with Gasteiger partial charge in [0.1, 0.15) is 5.82 Å². The maximum absolute atomic E-state index is 4.51. The third-order valence-electron chi connectivity index (χ3n) is 3.13. The number of pyridine rings is 1. The van der Waals surface area contributed by atoms with Crippen LogP contribution >= 0.6 is 0 Å². The molecule has 0 saturated heterocycles. The molecule has 2 heterocycles. The zero-order chi connectivity index (χ0) is 14.5. The molecule has 0 radical (unpaired) electrons. The molecule has 0 amide bonds. The number of hydrogen-bond donors (Lipinski definition) is 2. The third-order valence-corrected chi connectivity index (χ3v) is 3.13. The van der Waals surface area contributed by atoms with E-state index < -0.39 is 0 Å². The molecule has 0 aliphatic rings. The number of hydrogen-bond acceptors (Lipinski definition) is 5. The first-order chi connectivity index (χ1) is 10.4. The fourth-order valence-electron chi connectivity index (χ4n) is 2.13.